The molecule has 4 heteroatoms. The quantitative estimate of drug-likeness (QED) is 0.757. The molecule has 0 spiro atoms. The van der Waals surface area contributed by atoms with Crippen molar-refractivity contribution in [2.45, 2.75) is 32.9 Å². The highest BCUT2D eigenvalue weighted by molar-refractivity contribution is 9.10. The number of hydrogen-bond acceptors (Lipinski definition) is 3. The molecule has 0 fully saturated rings. The minimum Gasteiger partial charge on any atom is -0.507 e. The van der Waals surface area contributed by atoms with Gasteiger partial charge in [0.05, 0.1) is 4.47 Å². The van der Waals surface area contributed by atoms with Crippen LogP contribution in [0.4, 0.5) is 0 Å². The zero-order valence-corrected chi connectivity index (χ0v) is 11.9. The van der Waals surface area contributed by atoms with Gasteiger partial charge in [-0.05, 0) is 46.0 Å². The summed E-state index contributed by atoms with van der Waals surface area (Å²) in [5.41, 5.74) is 1.11. The Kier molecular flexibility index (Phi) is 5.95. The van der Waals surface area contributed by atoms with Gasteiger partial charge < -0.3 is 15.5 Å². The van der Waals surface area contributed by atoms with Crippen LogP contribution in [0.3, 0.4) is 0 Å². The molecule has 1 rings (SSSR count). The summed E-state index contributed by atoms with van der Waals surface area (Å²) in [6.07, 6.45) is 0.761. The highest BCUT2D eigenvalue weighted by Crippen LogP contribution is 2.24. The van der Waals surface area contributed by atoms with Gasteiger partial charge in [-0.3, -0.25) is 0 Å². The molecule has 0 amide bonds. The summed E-state index contributed by atoms with van der Waals surface area (Å²) < 4.78 is 0.708. The lowest BCUT2D eigenvalue weighted by Crippen LogP contribution is -2.34. The third-order valence-electron chi connectivity index (χ3n) is 2.83. The first-order chi connectivity index (χ1) is 8.04. The molecule has 0 saturated heterocycles. The predicted octanol–water partition coefficient (Wildman–Crippen LogP) is 2.65. The molecule has 1 aromatic rings. The Bertz CT molecular complexity index is 355. The molecule has 17 heavy (non-hydrogen) atoms. The molecule has 96 valence electrons. The van der Waals surface area contributed by atoms with Crippen molar-refractivity contribution >= 4 is 15.9 Å². The molecule has 0 radical (unpaired) electrons. The molecule has 0 aliphatic carbocycles. The van der Waals surface area contributed by atoms with Gasteiger partial charge in [-0.15, -0.1) is 0 Å². The summed E-state index contributed by atoms with van der Waals surface area (Å²) in [4.78, 5) is 0. The number of aliphatic hydroxyl groups is 1. The van der Waals surface area contributed by atoms with Crippen molar-refractivity contribution in [3.05, 3.63) is 28.2 Å². The molecule has 0 heterocycles. The Morgan fingerprint density at radius 1 is 1.35 bits per heavy atom. The van der Waals surface area contributed by atoms with Gasteiger partial charge in [0.1, 0.15) is 5.75 Å². The van der Waals surface area contributed by atoms with E-state index in [4.69, 9.17) is 5.11 Å². The maximum atomic E-state index is 9.39. The van der Waals surface area contributed by atoms with Crippen LogP contribution in [-0.4, -0.2) is 22.9 Å². The summed E-state index contributed by atoms with van der Waals surface area (Å²) in [5, 5.41) is 21.8. The number of aromatic hydroxyl groups is 1. The molecular weight excluding hydrogens is 282 g/mol. The maximum absolute atomic E-state index is 9.39. The van der Waals surface area contributed by atoms with E-state index < -0.39 is 0 Å². The lowest BCUT2D eigenvalue weighted by molar-refractivity contribution is 0.244. The first-order valence-electron chi connectivity index (χ1n) is 5.86. The fraction of sp³-hybridized carbons (Fsp3) is 0.538. The van der Waals surface area contributed by atoms with E-state index in [-0.39, 0.29) is 12.4 Å². The molecule has 0 aliphatic heterocycles. The van der Waals surface area contributed by atoms with Gasteiger partial charge in [0, 0.05) is 19.2 Å². The first kappa shape index (κ1) is 14.5. The van der Waals surface area contributed by atoms with Gasteiger partial charge in [-0.1, -0.05) is 19.9 Å². The lowest BCUT2D eigenvalue weighted by atomic mass is 10.0. The van der Waals surface area contributed by atoms with Gasteiger partial charge in [0.15, 0.2) is 0 Å². The molecule has 3 N–H and O–H groups in total. The largest absolute Gasteiger partial charge is 0.507 e. The zero-order valence-electron chi connectivity index (χ0n) is 10.3. The average Bonchev–Trinajstić information content (AvgIpc) is 2.28. The van der Waals surface area contributed by atoms with Crippen LogP contribution in [0.25, 0.3) is 0 Å². The summed E-state index contributed by atoms with van der Waals surface area (Å²) in [5.74, 6) is 0.743. The van der Waals surface area contributed by atoms with Crippen molar-refractivity contribution in [3.8, 4) is 5.75 Å². The highest BCUT2D eigenvalue weighted by atomic mass is 79.9. The number of hydrogen-bond donors (Lipinski definition) is 3. The Labute approximate surface area is 111 Å². The highest BCUT2D eigenvalue weighted by Gasteiger charge is 2.12. The molecular formula is C13H20BrNO2. The van der Waals surface area contributed by atoms with Crippen molar-refractivity contribution in [1.29, 1.82) is 0 Å². The normalized spacial score (nSPS) is 13.0. The van der Waals surface area contributed by atoms with Crippen LogP contribution in [0.5, 0.6) is 5.75 Å². The number of phenols is 1. The molecule has 0 saturated carbocycles. The van der Waals surface area contributed by atoms with Crippen LogP contribution in [0, 0.1) is 5.92 Å². The number of rotatable bonds is 6. The molecule has 1 aromatic carbocycles. The van der Waals surface area contributed by atoms with E-state index in [1.165, 1.54) is 0 Å². The standard InChI is InChI=1S/C13H20BrNO2/c1-9(2)12(5-6-16)15-8-10-3-4-13(17)11(14)7-10/h3-4,7,9,12,15-17H,5-6,8H2,1-2H3. The lowest BCUT2D eigenvalue weighted by Gasteiger charge is -2.21. The Hall–Kier alpha value is -0.580. The second-order valence-electron chi connectivity index (χ2n) is 4.53. The van der Waals surface area contributed by atoms with Gasteiger partial charge >= 0.3 is 0 Å². The summed E-state index contributed by atoms with van der Waals surface area (Å²) in [7, 11) is 0. The minimum absolute atomic E-state index is 0.203. The Morgan fingerprint density at radius 3 is 2.59 bits per heavy atom. The third kappa shape index (κ3) is 4.66. The van der Waals surface area contributed by atoms with E-state index >= 15 is 0 Å². The minimum atomic E-state index is 0.203. The van der Waals surface area contributed by atoms with Crippen molar-refractivity contribution in [2.75, 3.05) is 6.61 Å². The van der Waals surface area contributed by atoms with Crippen molar-refractivity contribution in [3.63, 3.8) is 0 Å². The van der Waals surface area contributed by atoms with Gasteiger partial charge in [-0.2, -0.15) is 0 Å². The fourth-order valence-corrected chi connectivity index (χ4v) is 2.15. The summed E-state index contributed by atoms with van der Waals surface area (Å²) in [6, 6.07) is 5.78. The molecule has 1 unspecified atom stereocenters. The van der Waals surface area contributed by atoms with Gasteiger partial charge in [0.2, 0.25) is 0 Å². The smallest absolute Gasteiger partial charge is 0.129 e. The SMILES string of the molecule is CC(C)C(CCO)NCc1ccc(O)c(Br)c1. The second-order valence-corrected chi connectivity index (χ2v) is 5.38. The summed E-state index contributed by atoms with van der Waals surface area (Å²) in [6.45, 7) is 5.22. The van der Waals surface area contributed by atoms with Gasteiger partial charge in [0.25, 0.3) is 0 Å². The topological polar surface area (TPSA) is 52.5 Å². The molecule has 3 nitrogen and oxygen atoms in total. The Morgan fingerprint density at radius 2 is 2.06 bits per heavy atom. The van der Waals surface area contributed by atoms with Crippen LogP contribution >= 0.6 is 15.9 Å². The van der Waals surface area contributed by atoms with E-state index in [2.05, 4.69) is 35.1 Å². The molecule has 0 aromatic heterocycles. The maximum Gasteiger partial charge on any atom is 0.129 e. The van der Waals surface area contributed by atoms with E-state index in [1.54, 1.807) is 6.07 Å². The van der Waals surface area contributed by atoms with E-state index in [1.807, 2.05) is 12.1 Å². The van der Waals surface area contributed by atoms with E-state index in [9.17, 15) is 5.11 Å². The average molecular weight is 302 g/mol. The van der Waals surface area contributed by atoms with Crippen molar-refractivity contribution < 1.29 is 10.2 Å². The zero-order chi connectivity index (χ0) is 12.8. The van der Waals surface area contributed by atoms with E-state index in [0.717, 1.165) is 18.5 Å². The van der Waals surface area contributed by atoms with Crippen LogP contribution < -0.4 is 5.32 Å². The number of nitrogens with one attached hydrogen (secondary N) is 1. The second kappa shape index (κ2) is 6.99. The predicted molar refractivity (Wildman–Crippen MR) is 73.0 cm³/mol. The first-order valence-corrected chi connectivity index (χ1v) is 6.65. The number of aliphatic hydroxyl groups excluding tert-OH is 1. The van der Waals surface area contributed by atoms with Crippen molar-refractivity contribution in [2.24, 2.45) is 5.92 Å². The van der Waals surface area contributed by atoms with E-state index in [0.29, 0.717) is 16.4 Å². The van der Waals surface area contributed by atoms with Crippen LogP contribution in [-0.2, 0) is 6.54 Å². The number of benzene rings is 1. The fourth-order valence-electron chi connectivity index (χ4n) is 1.72. The molecule has 0 bridgehead atoms. The van der Waals surface area contributed by atoms with Gasteiger partial charge in [-0.25, -0.2) is 0 Å². The number of phenolic OH excluding ortho intramolecular Hbond substituents is 1. The third-order valence-corrected chi connectivity index (χ3v) is 3.46. The van der Waals surface area contributed by atoms with Crippen LogP contribution in [0.2, 0.25) is 0 Å². The number of halogens is 1. The Balaban J connectivity index is 2.56. The molecule has 0 aliphatic rings. The monoisotopic (exact) mass is 301 g/mol. The molecule has 1 atom stereocenters. The van der Waals surface area contributed by atoms with Crippen molar-refractivity contribution in [1.82, 2.24) is 5.32 Å². The van der Waals surface area contributed by atoms with Crippen LogP contribution in [0.1, 0.15) is 25.8 Å². The summed E-state index contributed by atoms with van der Waals surface area (Å²) >= 11 is 3.29. The van der Waals surface area contributed by atoms with Crippen LogP contribution in [0.15, 0.2) is 22.7 Å².